The third-order valence-corrected chi connectivity index (χ3v) is 4.28. The molecule has 20 heavy (non-hydrogen) atoms. The van der Waals surface area contributed by atoms with Crippen molar-refractivity contribution in [2.75, 3.05) is 23.7 Å². The molecule has 2 heteroatoms. The van der Waals surface area contributed by atoms with Crippen LogP contribution in [0, 0.1) is 13.8 Å². The Balaban J connectivity index is 1.81. The van der Waals surface area contributed by atoms with E-state index in [1.165, 1.54) is 28.8 Å². The van der Waals surface area contributed by atoms with Gasteiger partial charge in [0.15, 0.2) is 0 Å². The minimum Gasteiger partial charge on any atom is -0.399 e. The van der Waals surface area contributed by atoms with E-state index in [9.17, 15) is 0 Å². The molecule has 104 valence electrons. The summed E-state index contributed by atoms with van der Waals surface area (Å²) in [6.07, 6.45) is 1.21. The molecule has 2 nitrogen and oxygen atoms in total. The van der Waals surface area contributed by atoms with Crippen LogP contribution in [0.2, 0.25) is 0 Å². The first-order valence-electron chi connectivity index (χ1n) is 7.31. The van der Waals surface area contributed by atoms with Crippen LogP contribution in [0.15, 0.2) is 42.5 Å². The van der Waals surface area contributed by atoms with Gasteiger partial charge in [0.1, 0.15) is 0 Å². The minimum atomic E-state index is 0.596. The van der Waals surface area contributed by atoms with Gasteiger partial charge < -0.3 is 10.6 Å². The number of hydrogen-bond acceptors (Lipinski definition) is 2. The Morgan fingerprint density at radius 2 is 1.95 bits per heavy atom. The van der Waals surface area contributed by atoms with Crippen LogP contribution in [0.25, 0.3) is 0 Å². The Hall–Kier alpha value is -1.96. The molecule has 2 N–H and O–H groups in total. The minimum absolute atomic E-state index is 0.596. The summed E-state index contributed by atoms with van der Waals surface area (Å²) in [7, 11) is 0. The van der Waals surface area contributed by atoms with Crippen molar-refractivity contribution in [2.24, 2.45) is 0 Å². The van der Waals surface area contributed by atoms with Crippen molar-refractivity contribution >= 4 is 11.4 Å². The second-order valence-corrected chi connectivity index (χ2v) is 5.89. The molecular formula is C18H22N2. The van der Waals surface area contributed by atoms with Crippen LogP contribution in [0.1, 0.15) is 29.0 Å². The maximum absolute atomic E-state index is 5.90. The predicted octanol–water partition coefficient (Wildman–Crippen LogP) is 3.88. The molecule has 0 saturated carbocycles. The van der Waals surface area contributed by atoms with E-state index in [1.807, 2.05) is 6.07 Å². The molecule has 0 radical (unpaired) electrons. The maximum atomic E-state index is 5.90. The summed E-state index contributed by atoms with van der Waals surface area (Å²) in [6.45, 7) is 6.58. The van der Waals surface area contributed by atoms with Gasteiger partial charge in [0.05, 0.1) is 0 Å². The number of nitrogens with two attached hydrogens (primary N) is 1. The van der Waals surface area contributed by atoms with Crippen molar-refractivity contribution < 1.29 is 0 Å². The summed E-state index contributed by atoms with van der Waals surface area (Å²) in [4.78, 5) is 2.51. The smallest absolute Gasteiger partial charge is 0.0398 e. The van der Waals surface area contributed by atoms with Gasteiger partial charge in [-0.1, -0.05) is 24.3 Å². The van der Waals surface area contributed by atoms with Crippen LogP contribution in [-0.4, -0.2) is 13.1 Å². The lowest BCUT2D eigenvalue weighted by Crippen LogP contribution is -2.20. The zero-order valence-corrected chi connectivity index (χ0v) is 12.3. The van der Waals surface area contributed by atoms with Crippen molar-refractivity contribution in [1.29, 1.82) is 0 Å². The van der Waals surface area contributed by atoms with Gasteiger partial charge >= 0.3 is 0 Å². The van der Waals surface area contributed by atoms with Gasteiger partial charge in [0.2, 0.25) is 0 Å². The Bertz CT molecular complexity index is 619. The molecule has 2 aromatic rings. The van der Waals surface area contributed by atoms with E-state index < -0.39 is 0 Å². The van der Waals surface area contributed by atoms with Crippen LogP contribution in [0.5, 0.6) is 0 Å². The highest BCUT2D eigenvalue weighted by molar-refractivity contribution is 5.56. The number of rotatable bonds is 2. The number of hydrogen-bond donors (Lipinski definition) is 1. The number of anilines is 2. The lowest BCUT2D eigenvalue weighted by Gasteiger charge is -2.21. The Kier molecular flexibility index (Phi) is 3.39. The van der Waals surface area contributed by atoms with Crippen LogP contribution in [0.3, 0.4) is 0 Å². The number of nitrogens with zero attached hydrogens (tertiary/aromatic N) is 1. The Morgan fingerprint density at radius 1 is 1.10 bits per heavy atom. The molecule has 1 aliphatic heterocycles. The van der Waals surface area contributed by atoms with E-state index in [2.05, 4.69) is 55.1 Å². The Labute approximate surface area is 121 Å². The quantitative estimate of drug-likeness (QED) is 0.836. The molecule has 0 amide bonds. The molecular weight excluding hydrogens is 244 g/mol. The van der Waals surface area contributed by atoms with Gasteiger partial charge in [-0.25, -0.2) is 0 Å². The van der Waals surface area contributed by atoms with E-state index in [-0.39, 0.29) is 0 Å². The molecule has 1 heterocycles. The number of nitrogen functional groups attached to an aromatic ring is 1. The fourth-order valence-electron chi connectivity index (χ4n) is 3.12. The average molecular weight is 266 g/mol. The summed E-state index contributed by atoms with van der Waals surface area (Å²) < 4.78 is 0. The first kappa shape index (κ1) is 13.0. The lowest BCUT2D eigenvalue weighted by molar-refractivity contribution is 0.775. The van der Waals surface area contributed by atoms with Crippen molar-refractivity contribution in [3.8, 4) is 0 Å². The first-order chi connectivity index (χ1) is 9.63. The van der Waals surface area contributed by atoms with Gasteiger partial charge in [-0.15, -0.1) is 0 Å². The van der Waals surface area contributed by atoms with Crippen molar-refractivity contribution in [1.82, 2.24) is 0 Å². The van der Waals surface area contributed by atoms with E-state index >= 15 is 0 Å². The first-order valence-corrected chi connectivity index (χ1v) is 7.31. The van der Waals surface area contributed by atoms with Crippen molar-refractivity contribution in [3.63, 3.8) is 0 Å². The second-order valence-electron chi connectivity index (χ2n) is 5.89. The topological polar surface area (TPSA) is 29.3 Å². The molecule has 1 unspecified atom stereocenters. The summed E-state index contributed by atoms with van der Waals surface area (Å²) in [5.74, 6) is 0.596. The highest BCUT2D eigenvalue weighted by Crippen LogP contribution is 2.33. The normalized spacial score (nSPS) is 18.5. The number of aryl methyl sites for hydroxylation is 2. The third kappa shape index (κ3) is 2.51. The van der Waals surface area contributed by atoms with E-state index in [1.54, 1.807) is 0 Å². The van der Waals surface area contributed by atoms with Gasteiger partial charge in [-0.3, -0.25) is 0 Å². The second kappa shape index (κ2) is 5.20. The molecule has 0 spiro atoms. The maximum Gasteiger partial charge on any atom is 0.0398 e. The Morgan fingerprint density at radius 3 is 2.75 bits per heavy atom. The molecule has 1 aliphatic rings. The lowest BCUT2D eigenvalue weighted by atomic mass is 9.98. The molecule has 2 aromatic carbocycles. The number of benzene rings is 2. The van der Waals surface area contributed by atoms with Gasteiger partial charge in [0, 0.05) is 30.4 Å². The molecule has 0 aromatic heterocycles. The summed E-state index contributed by atoms with van der Waals surface area (Å²) >= 11 is 0. The summed E-state index contributed by atoms with van der Waals surface area (Å²) in [5, 5.41) is 0. The zero-order chi connectivity index (χ0) is 14.1. The average Bonchev–Trinajstić information content (AvgIpc) is 2.91. The molecule has 1 fully saturated rings. The van der Waals surface area contributed by atoms with E-state index in [0.29, 0.717) is 5.92 Å². The van der Waals surface area contributed by atoms with Crippen LogP contribution < -0.4 is 10.6 Å². The summed E-state index contributed by atoms with van der Waals surface area (Å²) in [6, 6.07) is 15.1. The molecule has 0 aliphatic carbocycles. The standard InChI is InChI=1S/C18H22N2/c1-13-6-7-14(2)18(10-13)20-9-8-16(12-20)15-4-3-5-17(19)11-15/h3-7,10-11,16H,8-9,12,19H2,1-2H3. The van der Waals surface area contributed by atoms with Crippen molar-refractivity contribution in [3.05, 3.63) is 59.2 Å². The van der Waals surface area contributed by atoms with E-state index in [0.717, 1.165) is 18.8 Å². The fraction of sp³-hybridized carbons (Fsp3) is 0.333. The van der Waals surface area contributed by atoms with Crippen LogP contribution >= 0.6 is 0 Å². The third-order valence-electron chi connectivity index (χ3n) is 4.28. The molecule has 1 saturated heterocycles. The van der Waals surface area contributed by atoms with Crippen molar-refractivity contribution in [2.45, 2.75) is 26.2 Å². The highest BCUT2D eigenvalue weighted by atomic mass is 15.2. The van der Waals surface area contributed by atoms with Gasteiger partial charge in [-0.05, 0) is 55.2 Å². The molecule has 0 bridgehead atoms. The zero-order valence-electron chi connectivity index (χ0n) is 12.3. The van der Waals surface area contributed by atoms with Gasteiger partial charge in [-0.2, -0.15) is 0 Å². The monoisotopic (exact) mass is 266 g/mol. The summed E-state index contributed by atoms with van der Waals surface area (Å²) in [5.41, 5.74) is 12.2. The van der Waals surface area contributed by atoms with Crippen LogP contribution in [0.4, 0.5) is 11.4 Å². The molecule has 1 atom stereocenters. The predicted molar refractivity (Wildman–Crippen MR) is 86.3 cm³/mol. The van der Waals surface area contributed by atoms with E-state index in [4.69, 9.17) is 5.73 Å². The van der Waals surface area contributed by atoms with Gasteiger partial charge in [0.25, 0.3) is 0 Å². The largest absolute Gasteiger partial charge is 0.399 e. The highest BCUT2D eigenvalue weighted by Gasteiger charge is 2.24. The fourth-order valence-corrected chi connectivity index (χ4v) is 3.12. The van der Waals surface area contributed by atoms with Crippen LogP contribution in [-0.2, 0) is 0 Å². The molecule has 3 rings (SSSR count). The SMILES string of the molecule is Cc1ccc(C)c(N2CCC(c3cccc(N)c3)C2)c1.